The third-order valence-electron chi connectivity index (χ3n) is 3.91. The van der Waals surface area contributed by atoms with E-state index >= 15 is 0 Å². The Labute approximate surface area is 124 Å². The van der Waals surface area contributed by atoms with Gasteiger partial charge in [0.25, 0.3) is 0 Å². The monoisotopic (exact) mass is 287 g/mol. The summed E-state index contributed by atoms with van der Waals surface area (Å²) in [5, 5.41) is 12.1. The summed E-state index contributed by atoms with van der Waals surface area (Å²) in [4.78, 5) is 23.6. The molecule has 0 bridgehead atoms. The standard InChI is InChI=1S/C17H21NO3/c1-11(2)12-6-5-7-13(10-12)18-16(19)14-8-3-4-9-15(14)17(20)21/h3-7,10-11,14-15H,8-9H2,1-2H3,(H,18,19)(H,20,21). The van der Waals surface area contributed by atoms with E-state index < -0.39 is 17.8 Å². The molecular formula is C17H21NO3. The SMILES string of the molecule is CC(C)c1cccc(NC(=O)C2CC=CCC2C(=O)O)c1. The van der Waals surface area contributed by atoms with Gasteiger partial charge in [-0.2, -0.15) is 0 Å². The Kier molecular flexibility index (Phi) is 4.78. The molecule has 0 aromatic heterocycles. The lowest BCUT2D eigenvalue weighted by Crippen LogP contribution is -2.34. The minimum Gasteiger partial charge on any atom is -0.481 e. The molecule has 1 amide bonds. The van der Waals surface area contributed by atoms with E-state index in [2.05, 4.69) is 19.2 Å². The topological polar surface area (TPSA) is 66.4 Å². The van der Waals surface area contributed by atoms with Gasteiger partial charge in [0.15, 0.2) is 0 Å². The minimum atomic E-state index is -0.907. The van der Waals surface area contributed by atoms with Crippen molar-refractivity contribution in [1.29, 1.82) is 0 Å². The zero-order chi connectivity index (χ0) is 15.4. The van der Waals surface area contributed by atoms with Crippen molar-refractivity contribution in [2.45, 2.75) is 32.6 Å². The summed E-state index contributed by atoms with van der Waals surface area (Å²) < 4.78 is 0. The smallest absolute Gasteiger partial charge is 0.307 e. The third kappa shape index (κ3) is 3.72. The first-order valence-corrected chi connectivity index (χ1v) is 7.27. The van der Waals surface area contributed by atoms with Gasteiger partial charge in [0.2, 0.25) is 5.91 Å². The van der Waals surface area contributed by atoms with Crippen LogP contribution in [0.2, 0.25) is 0 Å². The maximum atomic E-state index is 12.4. The molecule has 0 fully saturated rings. The highest BCUT2D eigenvalue weighted by molar-refractivity contribution is 5.95. The molecule has 0 spiro atoms. The van der Waals surface area contributed by atoms with Crippen LogP contribution < -0.4 is 5.32 Å². The number of anilines is 1. The lowest BCUT2D eigenvalue weighted by Gasteiger charge is -2.24. The molecule has 1 aliphatic carbocycles. The summed E-state index contributed by atoms with van der Waals surface area (Å²) >= 11 is 0. The van der Waals surface area contributed by atoms with Gasteiger partial charge in [-0.25, -0.2) is 0 Å². The first-order valence-electron chi connectivity index (χ1n) is 7.27. The van der Waals surface area contributed by atoms with Crippen molar-refractivity contribution in [3.63, 3.8) is 0 Å². The van der Waals surface area contributed by atoms with Gasteiger partial charge in [0.05, 0.1) is 11.8 Å². The van der Waals surface area contributed by atoms with Gasteiger partial charge in [-0.05, 0) is 36.5 Å². The fourth-order valence-electron chi connectivity index (χ4n) is 2.59. The average molecular weight is 287 g/mol. The molecule has 0 heterocycles. The molecule has 4 heteroatoms. The first kappa shape index (κ1) is 15.3. The number of carboxylic acids is 1. The van der Waals surface area contributed by atoms with Crippen molar-refractivity contribution in [1.82, 2.24) is 0 Å². The third-order valence-corrected chi connectivity index (χ3v) is 3.91. The number of allylic oxidation sites excluding steroid dienone is 2. The Hall–Kier alpha value is -2.10. The summed E-state index contributed by atoms with van der Waals surface area (Å²) in [6, 6.07) is 7.69. The zero-order valence-corrected chi connectivity index (χ0v) is 12.4. The number of benzene rings is 1. The summed E-state index contributed by atoms with van der Waals surface area (Å²) in [6.45, 7) is 4.18. The molecule has 21 heavy (non-hydrogen) atoms. The van der Waals surface area contributed by atoms with E-state index in [9.17, 15) is 14.7 Å². The molecule has 2 atom stereocenters. The molecule has 2 unspecified atom stereocenters. The molecule has 1 aromatic carbocycles. The molecule has 0 radical (unpaired) electrons. The highest BCUT2D eigenvalue weighted by atomic mass is 16.4. The molecule has 0 saturated carbocycles. The molecule has 112 valence electrons. The highest BCUT2D eigenvalue weighted by Gasteiger charge is 2.33. The number of nitrogens with one attached hydrogen (secondary N) is 1. The maximum absolute atomic E-state index is 12.4. The Morgan fingerprint density at radius 3 is 2.48 bits per heavy atom. The predicted octanol–water partition coefficient (Wildman–Crippen LogP) is 3.42. The molecule has 0 aliphatic heterocycles. The van der Waals surface area contributed by atoms with Gasteiger partial charge in [0, 0.05) is 5.69 Å². The molecule has 2 N–H and O–H groups in total. The number of carbonyl (C=O) groups excluding carboxylic acids is 1. The molecule has 1 aliphatic rings. The zero-order valence-electron chi connectivity index (χ0n) is 12.4. The van der Waals surface area contributed by atoms with Crippen molar-refractivity contribution in [2.24, 2.45) is 11.8 Å². The Bertz CT molecular complexity index is 563. The Morgan fingerprint density at radius 2 is 1.86 bits per heavy atom. The van der Waals surface area contributed by atoms with E-state index in [4.69, 9.17) is 0 Å². The summed E-state index contributed by atoms with van der Waals surface area (Å²) in [7, 11) is 0. The van der Waals surface area contributed by atoms with Gasteiger partial charge >= 0.3 is 5.97 Å². The lowest BCUT2D eigenvalue weighted by atomic mass is 9.82. The van der Waals surface area contributed by atoms with Crippen LogP contribution in [0.25, 0.3) is 0 Å². The summed E-state index contributed by atoms with van der Waals surface area (Å²) in [5.41, 5.74) is 1.87. The van der Waals surface area contributed by atoms with Crippen LogP contribution in [0.1, 0.15) is 38.2 Å². The molecular weight excluding hydrogens is 266 g/mol. The van der Waals surface area contributed by atoms with E-state index in [1.54, 1.807) is 0 Å². The molecule has 2 rings (SSSR count). The normalized spacial score (nSPS) is 21.3. The number of amides is 1. The van der Waals surface area contributed by atoms with Gasteiger partial charge in [0.1, 0.15) is 0 Å². The lowest BCUT2D eigenvalue weighted by molar-refractivity contribution is -0.146. The summed E-state index contributed by atoms with van der Waals surface area (Å²) in [5.74, 6) is -1.88. The van der Waals surface area contributed by atoms with Crippen molar-refractivity contribution in [3.8, 4) is 0 Å². The number of carbonyl (C=O) groups is 2. The van der Waals surface area contributed by atoms with E-state index in [-0.39, 0.29) is 5.91 Å². The highest BCUT2D eigenvalue weighted by Crippen LogP contribution is 2.27. The van der Waals surface area contributed by atoms with Crippen molar-refractivity contribution < 1.29 is 14.7 Å². The van der Waals surface area contributed by atoms with E-state index in [1.165, 1.54) is 0 Å². The number of hydrogen-bond donors (Lipinski definition) is 2. The van der Waals surface area contributed by atoms with E-state index in [0.717, 1.165) is 11.3 Å². The van der Waals surface area contributed by atoms with E-state index in [0.29, 0.717) is 18.8 Å². The van der Waals surface area contributed by atoms with Crippen LogP contribution in [0.15, 0.2) is 36.4 Å². The van der Waals surface area contributed by atoms with Crippen LogP contribution >= 0.6 is 0 Å². The fourth-order valence-corrected chi connectivity index (χ4v) is 2.59. The molecule has 0 saturated heterocycles. The number of carboxylic acid groups (broad SMARTS) is 1. The largest absolute Gasteiger partial charge is 0.481 e. The Morgan fingerprint density at radius 1 is 1.19 bits per heavy atom. The van der Waals surface area contributed by atoms with Crippen LogP contribution in [-0.4, -0.2) is 17.0 Å². The van der Waals surface area contributed by atoms with Crippen molar-refractivity contribution >= 4 is 17.6 Å². The van der Waals surface area contributed by atoms with E-state index in [1.807, 2.05) is 36.4 Å². The second-order valence-corrected chi connectivity index (χ2v) is 5.76. The molecule has 1 aromatic rings. The van der Waals surface area contributed by atoms with Crippen LogP contribution in [-0.2, 0) is 9.59 Å². The van der Waals surface area contributed by atoms with Crippen LogP contribution in [0.3, 0.4) is 0 Å². The molecule has 4 nitrogen and oxygen atoms in total. The van der Waals surface area contributed by atoms with Gasteiger partial charge in [-0.15, -0.1) is 0 Å². The van der Waals surface area contributed by atoms with Gasteiger partial charge in [-0.3, -0.25) is 9.59 Å². The maximum Gasteiger partial charge on any atom is 0.307 e. The van der Waals surface area contributed by atoms with Gasteiger partial charge in [-0.1, -0.05) is 38.1 Å². The van der Waals surface area contributed by atoms with Crippen LogP contribution in [0.4, 0.5) is 5.69 Å². The fraction of sp³-hybridized carbons (Fsp3) is 0.412. The van der Waals surface area contributed by atoms with Crippen LogP contribution in [0, 0.1) is 11.8 Å². The number of aliphatic carboxylic acids is 1. The quantitative estimate of drug-likeness (QED) is 0.834. The second-order valence-electron chi connectivity index (χ2n) is 5.76. The van der Waals surface area contributed by atoms with Crippen molar-refractivity contribution in [3.05, 3.63) is 42.0 Å². The second kappa shape index (κ2) is 6.57. The van der Waals surface area contributed by atoms with Gasteiger partial charge < -0.3 is 10.4 Å². The van der Waals surface area contributed by atoms with Crippen LogP contribution in [0.5, 0.6) is 0 Å². The number of hydrogen-bond acceptors (Lipinski definition) is 2. The Balaban J connectivity index is 2.11. The average Bonchev–Trinajstić information content (AvgIpc) is 2.47. The summed E-state index contributed by atoms with van der Waals surface area (Å²) in [6.07, 6.45) is 4.61. The number of rotatable bonds is 4. The first-order chi connectivity index (χ1) is 9.99. The van der Waals surface area contributed by atoms with Crippen molar-refractivity contribution in [2.75, 3.05) is 5.32 Å². The predicted molar refractivity (Wildman–Crippen MR) is 82.2 cm³/mol. The minimum absolute atomic E-state index is 0.215.